The maximum atomic E-state index is 12.4. The number of aromatic nitrogens is 3. The van der Waals surface area contributed by atoms with Gasteiger partial charge >= 0.3 is 0 Å². The Morgan fingerprint density at radius 1 is 1.22 bits per heavy atom. The van der Waals surface area contributed by atoms with E-state index in [1.807, 2.05) is 0 Å². The smallest absolute Gasteiger partial charge is 0.275 e. The van der Waals surface area contributed by atoms with Crippen molar-refractivity contribution in [2.45, 2.75) is 10.9 Å². The fourth-order valence-electron chi connectivity index (χ4n) is 2.30. The lowest BCUT2D eigenvalue weighted by atomic mass is 10.2. The third-order valence-electron chi connectivity index (χ3n) is 3.72. The van der Waals surface area contributed by atoms with E-state index < -0.39 is 10.0 Å². The highest BCUT2D eigenvalue weighted by molar-refractivity contribution is 7.89. The van der Waals surface area contributed by atoms with Gasteiger partial charge in [-0.1, -0.05) is 23.4 Å². The van der Waals surface area contributed by atoms with Crippen molar-refractivity contribution < 1.29 is 13.2 Å². The zero-order chi connectivity index (χ0) is 16.6. The van der Waals surface area contributed by atoms with Crippen LogP contribution in [0, 0.1) is 0 Å². The van der Waals surface area contributed by atoms with Crippen molar-refractivity contribution in [3.05, 3.63) is 42.2 Å². The van der Waals surface area contributed by atoms with Gasteiger partial charge in [0.2, 0.25) is 10.0 Å². The Morgan fingerprint density at radius 3 is 2.48 bits per heavy atom. The zero-order valence-corrected chi connectivity index (χ0v) is 13.6. The lowest BCUT2D eigenvalue weighted by Crippen LogP contribution is -2.50. The van der Waals surface area contributed by atoms with E-state index >= 15 is 0 Å². The van der Waals surface area contributed by atoms with Gasteiger partial charge in [0.05, 0.1) is 17.1 Å². The average molecular weight is 335 g/mol. The summed E-state index contributed by atoms with van der Waals surface area (Å²) >= 11 is 0. The average Bonchev–Trinajstić information content (AvgIpc) is 2.95. The molecule has 1 aromatic heterocycles. The molecule has 1 fully saturated rings. The second-order valence-electron chi connectivity index (χ2n) is 5.57. The lowest BCUT2D eigenvalue weighted by molar-refractivity contribution is 0.0821. The van der Waals surface area contributed by atoms with Crippen LogP contribution in [0.1, 0.15) is 16.5 Å². The predicted molar refractivity (Wildman–Crippen MR) is 82.3 cm³/mol. The molecule has 0 aliphatic carbocycles. The Labute approximate surface area is 134 Å². The molecule has 0 atom stereocenters. The van der Waals surface area contributed by atoms with Gasteiger partial charge in [0.15, 0.2) is 5.69 Å². The molecule has 2 heterocycles. The number of carbonyl (C=O) groups is 1. The van der Waals surface area contributed by atoms with E-state index in [0.717, 1.165) is 0 Å². The molecule has 23 heavy (non-hydrogen) atoms. The van der Waals surface area contributed by atoms with Crippen LogP contribution in [0.5, 0.6) is 0 Å². The van der Waals surface area contributed by atoms with Crippen LogP contribution in [-0.4, -0.2) is 65.7 Å². The number of amides is 1. The SMILES string of the molecule is CN(C)C(=O)c1cn(C2CN(S(=O)(=O)c3ccccc3)C2)nn1. The quantitative estimate of drug-likeness (QED) is 0.798. The summed E-state index contributed by atoms with van der Waals surface area (Å²) in [4.78, 5) is 13.5. The summed E-state index contributed by atoms with van der Waals surface area (Å²) in [5.41, 5.74) is 0.249. The minimum atomic E-state index is -3.47. The monoisotopic (exact) mass is 335 g/mol. The van der Waals surface area contributed by atoms with Gasteiger partial charge in [0.1, 0.15) is 0 Å². The van der Waals surface area contributed by atoms with E-state index in [0.29, 0.717) is 13.1 Å². The molecule has 0 saturated carbocycles. The molecule has 3 rings (SSSR count). The van der Waals surface area contributed by atoms with Crippen molar-refractivity contribution in [2.24, 2.45) is 0 Å². The molecule has 1 aliphatic heterocycles. The number of hydrogen-bond donors (Lipinski definition) is 0. The van der Waals surface area contributed by atoms with E-state index in [2.05, 4.69) is 10.3 Å². The molecule has 0 bridgehead atoms. The number of carbonyl (C=O) groups excluding carboxylic acids is 1. The Kier molecular flexibility index (Phi) is 3.90. The van der Waals surface area contributed by atoms with E-state index in [9.17, 15) is 13.2 Å². The number of nitrogens with zero attached hydrogens (tertiary/aromatic N) is 5. The number of sulfonamides is 1. The third kappa shape index (κ3) is 2.84. The summed E-state index contributed by atoms with van der Waals surface area (Å²) in [6, 6.07) is 8.21. The summed E-state index contributed by atoms with van der Waals surface area (Å²) < 4.78 is 27.8. The van der Waals surface area contributed by atoms with Crippen molar-refractivity contribution in [3.8, 4) is 0 Å². The van der Waals surface area contributed by atoms with E-state index in [1.54, 1.807) is 55.3 Å². The molecule has 0 N–H and O–H groups in total. The standard InChI is InChI=1S/C14H17N5O3S/c1-17(2)14(20)13-10-19(16-15-13)11-8-18(9-11)23(21,22)12-6-4-3-5-7-12/h3-7,10-11H,8-9H2,1-2H3. The van der Waals surface area contributed by atoms with Crippen LogP contribution in [0.25, 0.3) is 0 Å². The maximum Gasteiger partial charge on any atom is 0.275 e. The molecule has 2 aromatic rings. The normalized spacial score (nSPS) is 16.1. The van der Waals surface area contributed by atoms with E-state index in [4.69, 9.17) is 0 Å². The van der Waals surface area contributed by atoms with Gasteiger partial charge in [-0.2, -0.15) is 4.31 Å². The summed E-state index contributed by atoms with van der Waals surface area (Å²) in [6.45, 7) is 0.631. The van der Waals surface area contributed by atoms with Crippen molar-refractivity contribution in [3.63, 3.8) is 0 Å². The van der Waals surface area contributed by atoms with Gasteiger partial charge in [-0.05, 0) is 12.1 Å². The number of rotatable bonds is 4. The first kappa shape index (κ1) is 15.6. The minimum Gasteiger partial charge on any atom is -0.343 e. The topological polar surface area (TPSA) is 88.4 Å². The van der Waals surface area contributed by atoms with Crippen molar-refractivity contribution in [1.82, 2.24) is 24.2 Å². The Bertz CT molecular complexity index is 810. The lowest BCUT2D eigenvalue weighted by Gasteiger charge is -2.37. The van der Waals surface area contributed by atoms with Crippen LogP contribution >= 0.6 is 0 Å². The third-order valence-corrected chi connectivity index (χ3v) is 5.57. The van der Waals surface area contributed by atoms with Crippen molar-refractivity contribution in [1.29, 1.82) is 0 Å². The van der Waals surface area contributed by atoms with Crippen LogP contribution in [0.4, 0.5) is 0 Å². The van der Waals surface area contributed by atoms with Crippen molar-refractivity contribution >= 4 is 15.9 Å². The first-order valence-electron chi connectivity index (χ1n) is 7.08. The highest BCUT2D eigenvalue weighted by Gasteiger charge is 2.38. The molecule has 0 spiro atoms. The van der Waals surface area contributed by atoms with Crippen LogP contribution in [0.3, 0.4) is 0 Å². The van der Waals surface area contributed by atoms with Gasteiger partial charge in [0.25, 0.3) is 5.91 Å². The highest BCUT2D eigenvalue weighted by Crippen LogP contribution is 2.27. The van der Waals surface area contributed by atoms with Gasteiger partial charge in [-0.25, -0.2) is 13.1 Å². The second kappa shape index (κ2) is 5.74. The molecule has 1 saturated heterocycles. The number of benzene rings is 1. The zero-order valence-electron chi connectivity index (χ0n) is 12.8. The molecule has 1 amide bonds. The van der Waals surface area contributed by atoms with E-state index in [-0.39, 0.29) is 22.5 Å². The molecule has 9 heteroatoms. The van der Waals surface area contributed by atoms with Crippen LogP contribution in [0.2, 0.25) is 0 Å². The molecule has 0 radical (unpaired) electrons. The first-order valence-corrected chi connectivity index (χ1v) is 8.52. The van der Waals surface area contributed by atoms with Crippen LogP contribution in [0.15, 0.2) is 41.4 Å². The van der Waals surface area contributed by atoms with Gasteiger partial charge < -0.3 is 4.90 Å². The molecule has 1 aliphatic rings. The number of hydrogen-bond acceptors (Lipinski definition) is 5. The Morgan fingerprint density at radius 2 is 1.87 bits per heavy atom. The first-order chi connectivity index (χ1) is 10.9. The van der Waals surface area contributed by atoms with Gasteiger partial charge in [-0.3, -0.25) is 4.79 Å². The molecule has 122 valence electrons. The second-order valence-corrected chi connectivity index (χ2v) is 7.51. The summed E-state index contributed by atoms with van der Waals surface area (Å²) in [6.07, 6.45) is 1.56. The van der Waals surface area contributed by atoms with Crippen molar-refractivity contribution in [2.75, 3.05) is 27.2 Å². The minimum absolute atomic E-state index is 0.107. The fraction of sp³-hybridized carbons (Fsp3) is 0.357. The molecule has 1 aromatic carbocycles. The summed E-state index contributed by atoms with van der Waals surface area (Å²) in [5.74, 6) is -0.232. The molecular formula is C14H17N5O3S. The van der Waals surface area contributed by atoms with Crippen LogP contribution < -0.4 is 0 Å². The van der Waals surface area contributed by atoms with Gasteiger partial charge in [0, 0.05) is 27.2 Å². The largest absolute Gasteiger partial charge is 0.343 e. The summed E-state index contributed by atoms with van der Waals surface area (Å²) in [5, 5.41) is 7.77. The predicted octanol–water partition coefficient (Wildman–Crippen LogP) is 0.225. The molecular weight excluding hydrogens is 318 g/mol. The molecule has 0 unspecified atom stereocenters. The Hall–Kier alpha value is -2.26. The maximum absolute atomic E-state index is 12.4. The van der Waals surface area contributed by atoms with E-state index in [1.165, 1.54) is 9.21 Å². The Balaban J connectivity index is 1.69. The van der Waals surface area contributed by atoms with Crippen LogP contribution in [-0.2, 0) is 10.0 Å². The fourth-order valence-corrected chi connectivity index (χ4v) is 3.84. The van der Waals surface area contributed by atoms with Gasteiger partial charge in [-0.15, -0.1) is 5.10 Å². The molecule has 8 nitrogen and oxygen atoms in total. The summed E-state index contributed by atoms with van der Waals surface area (Å²) in [7, 11) is -0.194. The highest BCUT2D eigenvalue weighted by atomic mass is 32.2.